The molecule has 4 aliphatic heterocycles. The summed E-state index contributed by atoms with van der Waals surface area (Å²) in [5.41, 5.74) is 3.50. The van der Waals surface area contributed by atoms with Crippen LogP contribution in [0.25, 0.3) is 0 Å². The molecule has 2 unspecified atom stereocenters. The van der Waals surface area contributed by atoms with E-state index in [9.17, 15) is 38.4 Å². The van der Waals surface area contributed by atoms with E-state index in [1.54, 1.807) is 36.4 Å². The Balaban J connectivity index is 0.000000186. The van der Waals surface area contributed by atoms with Crippen LogP contribution < -0.4 is 10.6 Å². The Bertz CT molecular complexity index is 2480. The van der Waals surface area contributed by atoms with Gasteiger partial charge in [0.2, 0.25) is 11.8 Å². The zero-order valence-corrected chi connectivity index (χ0v) is 35.7. The number of benzene rings is 4. The molecule has 8 rings (SSSR count). The summed E-state index contributed by atoms with van der Waals surface area (Å²) >= 11 is 0. The van der Waals surface area contributed by atoms with Crippen molar-refractivity contribution in [2.24, 2.45) is 0 Å². The third kappa shape index (κ3) is 8.76. The average molecular weight is 839 g/mol. The molecule has 320 valence electrons. The standard InChI is InChI=1S/2C24H25N3O4/c1-24(2,3)25-17-11-7-10-16-20(17)23(31)27(21(16)29)18-12-13-19(28)26(22(18)30)14-15-8-5-4-6-9-15;1-24(2,3)25-16-9-10-17-18(13-16)22(30)27(21(17)29)19-11-12-20(28)26(23(19)31)14-15-7-5-4-6-8-15/h4-11,18,25H,12-14H2,1-3H3;4-10,13,19,25H,11-12,14H2,1-3H3. The molecule has 62 heavy (non-hydrogen) atoms. The number of nitrogens with one attached hydrogen (secondary N) is 2. The van der Waals surface area contributed by atoms with E-state index in [1.807, 2.05) is 102 Å². The molecular weight excluding hydrogens is 789 g/mol. The number of fused-ring (bicyclic) bond motifs is 2. The van der Waals surface area contributed by atoms with Gasteiger partial charge in [0.15, 0.2) is 0 Å². The van der Waals surface area contributed by atoms with Crippen LogP contribution in [0.5, 0.6) is 0 Å². The lowest BCUT2D eigenvalue weighted by Crippen LogP contribution is -2.55. The van der Waals surface area contributed by atoms with Crippen LogP contribution in [-0.4, -0.2) is 90.0 Å². The maximum Gasteiger partial charge on any atom is 0.264 e. The Morgan fingerprint density at radius 1 is 0.500 bits per heavy atom. The van der Waals surface area contributed by atoms with Gasteiger partial charge >= 0.3 is 0 Å². The summed E-state index contributed by atoms with van der Waals surface area (Å²) in [6.45, 7) is 12.1. The van der Waals surface area contributed by atoms with E-state index in [0.717, 1.165) is 36.4 Å². The molecule has 2 atom stereocenters. The van der Waals surface area contributed by atoms with Gasteiger partial charge in [0.25, 0.3) is 35.4 Å². The molecule has 0 saturated carbocycles. The van der Waals surface area contributed by atoms with Crippen LogP contribution in [0, 0.1) is 0 Å². The second kappa shape index (κ2) is 16.8. The smallest absolute Gasteiger partial charge is 0.264 e. The molecule has 0 bridgehead atoms. The summed E-state index contributed by atoms with van der Waals surface area (Å²) < 4.78 is 0. The number of hydrogen-bond acceptors (Lipinski definition) is 10. The SMILES string of the molecule is CC(C)(C)Nc1ccc2c(c1)C(=O)N(C1CCC(=O)N(Cc3ccccc3)C1=O)C2=O.CC(C)(C)Nc1cccc2c1C(=O)N(C1CCC(=O)N(Cc3ccccc3)C1=O)C2=O. The van der Waals surface area contributed by atoms with Gasteiger partial charge in [-0.2, -0.15) is 0 Å². The first kappa shape index (κ1) is 43.1. The van der Waals surface area contributed by atoms with Gasteiger partial charge in [0, 0.05) is 35.3 Å². The summed E-state index contributed by atoms with van der Waals surface area (Å²) in [6, 6.07) is 26.5. The first-order chi connectivity index (χ1) is 29.3. The van der Waals surface area contributed by atoms with E-state index in [1.165, 1.54) is 0 Å². The van der Waals surface area contributed by atoms with Crippen LogP contribution in [0.1, 0.15) is 120 Å². The largest absolute Gasteiger partial charge is 0.380 e. The minimum absolute atomic E-state index is 0.101. The number of carbonyl (C=O) groups excluding carboxylic acids is 8. The number of likely N-dealkylation sites (tertiary alicyclic amines) is 2. The van der Waals surface area contributed by atoms with Gasteiger partial charge in [0.1, 0.15) is 12.1 Å². The quantitative estimate of drug-likeness (QED) is 0.189. The van der Waals surface area contributed by atoms with Crippen molar-refractivity contribution < 1.29 is 38.4 Å². The van der Waals surface area contributed by atoms with E-state index in [2.05, 4.69) is 10.6 Å². The highest BCUT2D eigenvalue weighted by molar-refractivity contribution is 6.26. The fourth-order valence-electron chi connectivity index (χ4n) is 8.13. The fourth-order valence-corrected chi connectivity index (χ4v) is 8.13. The molecular formula is C48H50N6O8. The fraction of sp³-hybridized carbons (Fsp3) is 0.333. The van der Waals surface area contributed by atoms with Gasteiger partial charge < -0.3 is 10.6 Å². The van der Waals surface area contributed by atoms with Crippen LogP contribution in [-0.2, 0) is 32.3 Å². The van der Waals surface area contributed by atoms with Gasteiger partial charge in [0.05, 0.1) is 35.3 Å². The number of nitrogens with zero attached hydrogens (tertiary/aromatic N) is 4. The second-order valence-electron chi connectivity index (χ2n) is 17.9. The number of amides is 8. The number of imide groups is 4. The van der Waals surface area contributed by atoms with Gasteiger partial charge in [-0.05, 0) is 95.8 Å². The molecule has 0 spiro atoms. The van der Waals surface area contributed by atoms with Crippen molar-refractivity contribution in [3.05, 3.63) is 130 Å². The molecule has 14 nitrogen and oxygen atoms in total. The molecule has 4 aromatic carbocycles. The van der Waals surface area contributed by atoms with Crippen molar-refractivity contribution in [3.8, 4) is 0 Å². The summed E-state index contributed by atoms with van der Waals surface area (Å²) in [6.07, 6.45) is 0.481. The molecule has 2 fully saturated rings. The van der Waals surface area contributed by atoms with E-state index in [-0.39, 0.29) is 83.9 Å². The average Bonchev–Trinajstić information content (AvgIpc) is 3.61. The van der Waals surface area contributed by atoms with Crippen molar-refractivity contribution in [1.82, 2.24) is 19.6 Å². The van der Waals surface area contributed by atoms with Crippen LogP contribution in [0.3, 0.4) is 0 Å². The van der Waals surface area contributed by atoms with Crippen LogP contribution in [0.15, 0.2) is 97.1 Å². The topological polar surface area (TPSA) is 174 Å². The van der Waals surface area contributed by atoms with E-state index in [0.29, 0.717) is 5.69 Å². The molecule has 2 saturated heterocycles. The van der Waals surface area contributed by atoms with E-state index < -0.39 is 47.5 Å². The van der Waals surface area contributed by atoms with Crippen LogP contribution in [0.4, 0.5) is 11.4 Å². The Labute approximate surface area is 360 Å². The Hall–Kier alpha value is -6.96. The Morgan fingerprint density at radius 2 is 0.968 bits per heavy atom. The van der Waals surface area contributed by atoms with E-state index >= 15 is 0 Å². The Kier molecular flexibility index (Phi) is 11.7. The van der Waals surface area contributed by atoms with Gasteiger partial charge in [-0.15, -0.1) is 0 Å². The highest BCUT2D eigenvalue weighted by Gasteiger charge is 2.49. The first-order valence-electron chi connectivity index (χ1n) is 20.7. The molecule has 0 aliphatic carbocycles. The normalized spacial score (nSPS) is 19.1. The predicted molar refractivity (Wildman–Crippen MR) is 231 cm³/mol. The molecule has 4 aromatic rings. The number of rotatable bonds is 8. The highest BCUT2D eigenvalue weighted by Crippen LogP contribution is 2.35. The summed E-state index contributed by atoms with van der Waals surface area (Å²) in [4.78, 5) is 108. The third-order valence-corrected chi connectivity index (χ3v) is 10.9. The third-order valence-electron chi connectivity index (χ3n) is 10.9. The minimum atomic E-state index is -0.990. The molecule has 14 heteroatoms. The number of hydrogen-bond donors (Lipinski definition) is 2. The summed E-state index contributed by atoms with van der Waals surface area (Å²) in [7, 11) is 0. The zero-order valence-electron chi connectivity index (χ0n) is 35.7. The molecule has 4 heterocycles. The maximum atomic E-state index is 13.3. The van der Waals surface area contributed by atoms with Crippen molar-refractivity contribution in [2.75, 3.05) is 10.6 Å². The van der Waals surface area contributed by atoms with Gasteiger partial charge in [-0.3, -0.25) is 58.0 Å². The maximum absolute atomic E-state index is 13.3. The lowest BCUT2D eigenvalue weighted by atomic mass is 10.0. The van der Waals surface area contributed by atoms with E-state index in [4.69, 9.17) is 0 Å². The van der Waals surface area contributed by atoms with Crippen molar-refractivity contribution in [2.45, 2.75) is 103 Å². The Morgan fingerprint density at radius 3 is 1.47 bits per heavy atom. The van der Waals surface area contributed by atoms with Gasteiger partial charge in [-0.1, -0.05) is 66.7 Å². The summed E-state index contributed by atoms with van der Waals surface area (Å²) in [5, 5.41) is 6.55. The van der Waals surface area contributed by atoms with Crippen LogP contribution >= 0.6 is 0 Å². The molecule has 0 aromatic heterocycles. The molecule has 2 N–H and O–H groups in total. The zero-order chi connectivity index (χ0) is 44.7. The monoisotopic (exact) mass is 838 g/mol. The minimum Gasteiger partial charge on any atom is -0.380 e. The van der Waals surface area contributed by atoms with Gasteiger partial charge in [-0.25, -0.2) is 0 Å². The highest BCUT2D eigenvalue weighted by atomic mass is 16.2. The first-order valence-corrected chi connectivity index (χ1v) is 20.7. The van der Waals surface area contributed by atoms with Crippen molar-refractivity contribution >= 4 is 58.6 Å². The molecule has 4 aliphatic rings. The summed E-state index contributed by atoms with van der Waals surface area (Å²) in [5.74, 6) is -3.60. The lowest BCUT2D eigenvalue weighted by Gasteiger charge is -2.34. The number of carbonyl (C=O) groups is 8. The number of anilines is 2. The molecule has 8 amide bonds. The van der Waals surface area contributed by atoms with Crippen molar-refractivity contribution in [1.29, 1.82) is 0 Å². The molecule has 0 radical (unpaired) electrons. The second-order valence-corrected chi connectivity index (χ2v) is 17.9. The van der Waals surface area contributed by atoms with Crippen LogP contribution in [0.2, 0.25) is 0 Å². The van der Waals surface area contributed by atoms with Crippen molar-refractivity contribution in [3.63, 3.8) is 0 Å². The number of piperidine rings is 2. The lowest BCUT2D eigenvalue weighted by molar-refractivity contribution is -0.153. The predicted octanol–water partition coefficient (Wildman–Crippen LogP) is 6.42.